The number of halogens is 1. The van der Waals surface area contributed by atoms with Gasteiger partial charge < -0.3 is 4.90 Å². The lowest BCUT2D eigenvalue weighted by Gasteiger charge is -2.25. The molecule has 0 bridgehead atoms. The second-order valence-electron chi connectivity index (χ2n) is 4.48. The maximum atomic E-state index is 8.82. The van der Waals surface area contributed by atoms with Crippen molar-refractivity contribution in [2.45, 2.75) is 26.3 Å². The maximum Gasteiger partial charge on any atom is 0.101 e. The minimum atomic E-state index is 0.545. The van der Waals surface area contributed by atoms with Crippen LogP contribution in [-0.4, -0.2) is 12.6 Å². The van der Waals surface area contributed by atoms with Crippen LogP contribution < -0.4 is 4.90 Å². The summed E-state index contributed by atoms with van der Waals surface area (Å²) in [5, 5.41) is 9.37. The summed E-state index contributed by atoms with van der Waals surface area (Å²) in [7, 11) is 0. The zero-order chi connectivity index (χ0) is 11.7. The van der Waals surface area contributed by atoms with Crippen molar-refractivity contribution >= 4 is 17.3 Å². The summed E-state index contributed by atoms with van der Waals surface area (Å²) in [5.74, 6) is 0.717. The third-order valence-electron chi connectivity index (χ3n) is 3.55. The van der Waals surface area contributed by atoms with Gasteiger partial charge in [-0.1, -0.05) is 18.5 Å². The average molecular weight is 235 g/mol. The van der Waals surface area contributed by atoms with Gasteiger partial charge in [0.2, 0.25) is 0 Å². The molecule has 2 atom stereocenters. The summed E-state index contributed by atoms with van der Waals surface area (Å²) in [5.41, 5.74) is 1.67. The van der Waals surface area contributed by atoms with Crippen LogP contribution in [0.25, 0.3) is 0 Å². The first-order chi connectivity index (χ1) is 7.63. The van der Waals surface area contributed by atoms with Gasteiger partial charge in [-0.05, 0) is 37.5 Å². The Bertz CT molecular complexity index is 436. The van der Waals surface area contributed by atoms with E-state index >= 15 is 0 Å². The molecule has 0 amide bonds. The third-order valence-corrected chi connectivity index (χ3v) is 3.86. The molecule has 1 heterocycles. The van der Waals surface area contributed by atoms with Gasteiger partial charge in [0.25, 0.3) is 0 Å². The number of rotatable bonds is 1. The smallest absolute Gasteiger partial charge is 0.101 e. The quantitative estimate of drug-likeness (QED) is 0.744. The van der Waals surface area contributed by atoms with Gasteiger partial charge in [0.05, 0.1) is 10.6 Å². The highest BCUT2D eigenvalue weighted by Gasteiger charge is 2.27. The summed E-state index contributed by atoms with van der Waals surface area (Å²) in [6, 6.07) is 8.31. The highest BCUT2D eigenvalue weighted by atomic mass is 35.5. The zero-order valence-electron chi connectivity index (χ0n) is 9.57. The molecule has 2 nitrogen and oxygen atoms in total. The molecule has 1 aromatic carbocycles. The molecule has 0 saturated carbocycles. The number of anilines is 1. The summed E-state index contributed by atoms with van der Waals surface area (Å²) in [4.78, 5) is 2.36. The second-order valence-corrected chi connectivity index (χ2v) is 4.88. The van der Waals surface area contributed by atoms with Crippen molar-refractivity contribution < 1.29 is 0 Å². The topological polar surface area (TPSA) is 27.0 Å². The van der Waals surface area contributed by atoms with Crippen LogP contribution in [0.5, 0.6) is 0 Å². The van der Waals surface area contributed by atoms with Crippen LogP contribution in [0.4, 0.5) is 5.69 Å². The van der Waals surface area contributed by atoms with E-state index in [-0.39, 0.29) is 0 Å². The molecule has 1 fully saturated rings. The molecule has 1 saturated heterocycles. The van der Waals surface area contributed by atoms with Crippen molar-refractivity contribution in [1.82, 2.24) is 0 Å². The van der Waals surface area contributed by atoms with E-state index < -0.39 is 0 Å². The molecule has 0 aliphatic carbocycles. The third kappa shape index (κ3) is 1.88. The van der Waals surface area contributed by atoms with Crippen molar-refractivity contribution in [3.8, 4) is 6.07 Å². The maximum absolute atomic E-state index is 8.82. The highest BCUT2D eigenvalue weighted by Crippen LogP contribution is 2.31. The van der Waals surface area contributed by atoms with E-state index in [0.29, 0.717) is 16.6 Å². The monoisotopic (exact) mass is 234 g/mol. The van der Waals surface area contributed by atoms with Crippen LogP contribution in [0, 0.1) is 17.2 Å². The Balaban J connectivity index is 2.29. The average Bonchev–Trinajstić information content (AvgIpc) is 2.60. The normalized spacial score (nSPS) is 24.5. The SMILES string of the molecule is C[C@@H]1CCN(c2ccc(C#N)c(Cl)c2)[C@H]1C. The van der Waals surface area contributed by atoms with Crippen LogP contribution in [0.2, 0.25) is 5.02 Å². The van der Waals surface area contributed by atoms with Gasteiger partial charge in [-0.15, -0.1) is 0 Å². The summed E-state index contributed by atoms with van der Waals surface area (Å²) in [6.07, 6.45) is 1.22. The molecule has 84 valence electrons. The molecular formula is C13H15ClN2. The lowest BCUT2D eigenvalue weighted by atomic mass is 10.1. The number of nitrogens with zero attached hydrogens (tertiary/aromatic N) is 2. The first kappa shape index (κ1) is 11.3. The van der Waals surface area contributed by atoms with Gasteiger partial charge in [0.15, 0.2) is 0 Å². The summed E-state index contributed by atoms with van der Waals surface area (Å²) in [6.45, 7) is 5.59. The molecule has 0 radical (unpaired) electrons. The number of benzene rings is 1. The molecule has 16 heavy (non-hydrogen) atoms. The Morgan fingerprint density at radius 2 is 2.19 bits per heavy atom. The fourth-order valence-electron chi connectivity index (χ4n) is 2.23. The lowest BCUT2D eigenvalue weighted by Crippen LogP contribution is -2.28. The van der Waals surface area contributed by atoms with E-state index in [1.54, 1.807) is 6.07 Å². The van der Waals surface area contributed by atoms with Gasteiger partial charge in [-0.25, -0.2) is 0 Å². The minimum Gasteiger partial charge on any atom is -0.369 e. The van der Waals surface area contributed by atoms with Gasteiger partial charge in [0, 0.05) is 18.3 Å². The van der Waals surface area contributed by atoms with Crippen LogP contribution in [-0.2, 0) is 0 Å². The van der Waals surface area contributed by atoms with E-state index in [9.17, 15) is 0 Å². The van der Waals surface area contributed by atoms with Crippen molar-refractivity contribution in [2.75, 3.05) is 11.4 Å². The summed E-state index contributed by atoms with van der Waals surface area (Å²) >= 11 is 6.04. The zero-order valence-corrected chi connectivity index (χ0v) is 10.3. The minimum absolute atomic E-state index is 0.545. The van der Waals surface area contributed by atoms with Crippen LogP contribution in [0.3, 0.4) is 0 Å². The predicted molar refractivity (Wildman–Crippen MR) is 66.8 cm³/mol. The number of hydrogen-bond donors (Lipinski definition) is 0. The van der Waals surface area contributed by atoms with Crippen LogP contribution >= 0.6 is 11.6 Å². The van der Waals surface area contributed by atoms with Crippen molar-refractivity contribution in [2.24, 2.45) is 5.92 Å². The van der Waals surface area contributed by atoms with E-state index in [0.717, 1.165) is 18.2 Å². The van der Waals surface area contributed by atoms with Crippen molar-refractivity contribution in [3.05, 3.63) is 28.8 Å². The van der Waals surface area contributed by atoms with Crippen molar-refractivity contribution in [1.29, 1.82) is 5.26 Å². The molecule has 1 aromatic rings. The first-order valence-corrected chi connectivity index (χ1v) is 5.97. The largest absolute Gasteiger partial charge is 0.369 e. The van der Waals surface area contributed by atoms with Gasteiger partial charge in [-0.3, -0.25) is 0 Å². The van der Waals surface area contributed by atoms with Gasteiger partial charge in [0.1, 0.15) is 6.07 Å². The highest BCUT2D eigenvalue weighted by molar-refractivity contribution is 6.32. The molecule has 3 heteroatoms. The molecule has 1 aliphatic rings. The van der Waals surface area contributed by atoms with E-state index in [1.807, 2.05) is 12.1 Å². The predicted octanol–water partition coefficient (Wildman–Crippen LogP) is 3.45. The van der Waals surface area contributed by atoms with Crippen LogP contribution in [0.15, 0.2) is 18.2 Å². The Kier molecular flexibility index (Phi) is 3.07. The summed E-state index contributed by atoms with van der Waals surface area (Å²) < 4.78 is 0. The van der Waals surface area contributed by atoms with Gasteiger partial charge in [-0.2, -0.15) is 5.26 Å². The Hall–Kier alpha value is -1.20. The molecule has 0 N–H and O–H groups in total. The standard InChI is InChI=1S/C13H15ClN2/c1-9-5-6-16(10(9)2)12-4-3-11(8-15)13(14)7-12/h3-4,7,9-10H,5-6H2,1-2H3/t9-,10+/m1/s1. The number of nitriles is 1. The van der Waals surface area contributed by atoms with E-state index in [2.05, 4.69) is 24.8 Å². The molecule has 0 spiro atoms. The van der Waals surface area contributed by atoms with Crippen molar-refractivity contribution in [3.63, 3.8) is 0 Å². The molecule has 0 aromatic heterocycles. The van der Waals surface area contributed by atoms with E-state index in [4.69, 9.17) is 16.9 Å². The fourth-order valence-corrected chi connectivity index (χ4v) is 2.45. The second kappa shape index (κ2) is 4.35. The Morgan fingerprint density at radius 3 is 2.69 bits per heavy atom. The van der Waals surface area contributed by atoms with Crippen LogP contribution in [0.1, 0.15) is 25.8 Å². The Morgan fingerprint density at radius 1 is 1.44 bits per heavy atom. The molecule has 2 rings (SSSR count). The fraction of sp³-hybridized carbons (Fsp3) is 0.462. The van der Waals surface area contributed by atoms with Gasteiger partial charge >= 0.3 is 0 Å². The first-order valence-electron chi connectivity index (χ1n) is 5.59. The molecule has 0 unspecified atom stereocenters. The molecule has 1 aliphatic heterocycles. The lowest BCUT2D eigenvalue weighted by molar-refractivity contribution is 0.546. The molecular weight excluding hydrogens is 220 g/mol. The van der Waals surface area contributed by atoms with E-state index in [1.165, 1.54) is 6.42 Å². The Labute approximate surface area is 101 Å². The number of hydrogen-bond acceptors (Lipinski definition) is 2.